The van der Waals surface area contributed by atoms with Gasteiger partial charge in [0.1, 0.15) is 12.4 Å². The Hall–Kier alpha value is -4.38. The Balaban J connectivity index is 1.47. The van der Waals surface area contributed by atoms with Crippen LogP contribution < -0.4 is 20.1 Å². The molecule has 0 bridgehead atoms. The largest absolute Gasteiger partial charge is 0.489 e. The van der Waals surface area contributed by atoms with E-state index >= 15 is 0 Å². The number of hydrogen-bond acceptors (Lipinski definition) is 7. The van der Waals surface area contributed by atoms with Gasteiger partial charge >= 0.3 is 0 Å². The van der Waals surface area contributed by atoms with Gasteiger partial charge in [-0.2, -0.15) is 13.8 Å². The first-order valence-corrected chi connectivity index (χ1v) is 12.1. The molecule has 0 saturated carbocycles. The van der Waals surface area contributed by atoms with E-state index in [9.17, 15) is 18.0 Å². The van der Waals surface area contributed by atoms with Crippen molar-refractivity contribution in [2.75, 3.05) is 49.4 Å². The fraction of sp³-hybridized carbons (Fsp3) is 0.222. The van der Waals surface area contributed by atoms with Gasteiger partial charge in [0, 0.05) is 41.9 Å². The predicted octanol–water partition coefficient (Wildman–Crippen LogP) is 4.09. The molecule has 2 aliphatic rings. The van der Waals surface area contributed by atoms with Gasteiger partial charge in [0.2, 0.25) is 5.95 Å². The second-order valence-electron chi connectivity index (χ2n) is 8.83. The van der Waals surface area contributed by atoms with Gasteiger partial charge in [0.25, 0.3) is 11.9 Å². The van der Waals surface area contributed by atoms with E-state index in [0.29, 0.717) is 67.4 Å². The minimum Gasteiger partial charge on any atom is -0.489 e. The van der Waals surface area contributed by atoms with E-state index in [0.717, 1.165) is 11.8 Å². The third kappa shape index (κ3) is 4.24. The molecule has 0 aliphatic carbocycles. The number of halogens is 3. The highest BCUT2D eigenvalue weighted by Gasteiger charge is 2.27. The standard InChI is InChI=1S/C27H22F3N5O3/c28-22-14-18(23(29)26(30)32-22)16-4-3-5-17-24(16)31-15-19(25(17)34-8-11-37-12-9-34)27(36)33-35-10-13-38-21-7-2-1-6-20(21)35/h1-7,14-15H,8-13H2,(H,33,36). The third-order valence-corrected chi connectivity index (χ3v) is 6.58. The number of anilines is 2. The zero-order chi connectivity index (χ0) is 26.2. The molecular formula is C27H22F3N5O3. The van der Waals surface area contributed by atoms with Crippen molar-refractivity contribution in [3.63, 3.8) is 0 Å². The highest BCUT2D eigenvalue weighted by Crippen LogP contribution is 2.37. The zero-order valence-electron chi connectivity index (χ0n) is 20.1. The van der Waals surface area contributed by atoms with E-state index in [1.54, 1.807) is 17.1 Å². The Morgan fingerprint density at radius 2 is 1.76 bits per heavy atom. The van der Waals surface area contributed by atoms with Gasteiger partial charge in [-0.05, 0) is 12.1 Å². The zero-order valence-corrected chi connectivity index (χ0v) is 20.1. The van der Waals surface area contributed by atoms with E-state index in [4.69, 9.17) is 9.47 Å². The summed E-state index contributed by atoms with van der Waals surface area (Å²) in [6, 6.07) is 13.1. The number of ether oxygens (including phenoxy) is 2. The molecule has 1 fully saturated rings. The summed E-state index contributed by atoms with van der Waals surface area (Å²) in [6.45, 7) is 2.78. The molecule has 0 radical (unpaired) electrons. The molecule has 11 heteroatoms. The molecule has 38 heavy (non-hydrogen) atoms. The van der Waals surface area contributed by atoms with Gasteiger partial charge in [0.15, 0.2) is 5.82 Å². The number of carbonyl (C=O) groups excluding carboxylic acids is 1. The molecule has 2 aromatic carbocycles. The first-order valence-electron chi connectivity index (χ1n) is 12.1. The Kier molecular flexibility index (Phi) is 6.20. The van der Waals surface area contributed by atoms with Crippen LogP contribution in [0.3, 0.4) is 0 Å². The van der Waals surface area contributed by atoms with Crippen LogP contribution >= 0.6 is 0 Å². The van der Waals surface area contributed by atoms with Gasteiger partial charge in [-0.15, -0.1) is 0 Å². The van der Waals surface area contributed by atoms with Gasteiger partial charge in [0.05, 0.1) is 42.2 Å². The Morgan fingerprint density at radius 1 is 0.947 bits per heavy atom. The van der Waals surface area contributed by atoms with Gasteiger partial charge < -0.3 is 14.4 Å². The number of amides is 1. The van der Waals surface area contributed by atoms with E-state index in [2.05, 4.69) is 15.4 Å². The van der Waals surface area contributed by atoms with Crippen LogP contribution in [0.5, 0.6) is 5.75 Å². The van der Waals surface area contributed by atoms with E-state index in [-0.39, 0.29) is 11.1 Å². The molecule has 0 spiro atoms. The lowest BCUT2D eigenvalue weighted by molar-refractivity contribution is 0.0943. The second kappa shape index (κ2) is 9.82. The molecule has 194 valence electrons. The summed E-state index contributed by atoms with van der Waals surface area (Å²) in [5, 5.41) is 2.26. The number of pyridine rings is 2. The molecule has 8 nitrogen and oxygen atoms in total. The van der Waals surface area contributed by atoms with E-state index in [1.807, 2.05) is 29.2 Å². The summed E-state index contributed by atoms with van der Waals surface area (Å²) >= 11 is 0. The lowest BCUT2D eigenvalue weighted by Crippen LogP contribution is -2.47. The minimum atomic E-state index is -1.54. The van der Waals surface area contributed by atoms with Gasteiger partial charge in [-0.1, -0.05) is 30.3 Å². The van der Waals surface area contributed by atoms with Crippen molar-refractivity contribution in [3.05, 3.63) is 78.0 Å². The maximum Gasteiger partial charge on any atom is 0.273 e. The second-order valence-corrected chi connectivity index (χ2v) is 8.83. The number of aromatic nitrogens is 2. The number of fused-ring (bicyclic) bond motifs is 2. The van der Waals surface area contributed by atoms with Crippen LogP contribution in [-0.2, 0) is 4.74 Å². The molecule has 0 atom stereocenters. The average Bonchev–Trinajstić information content (AvgIpc) is 2.94. The number of para-hydroxylation sites is 3. The molecule has 1 N–H and O–H groups in total. The summed E-state index contributed by atoms with van der Waals surface area (Å²) in [5.41, 5.74) is 4.74. The van der Waals surface area contributed by atoms with Crippen molar-refractivity contribution in [2.24, 2.45) is 0 Å². The van der Waals surface area contributed by atoms with E-state index in [1.165, 1.54) is 12.3 Å². The topological polar surface area (TPSA) is 79.8 Å². The van der Waals surface area contributed by atoms with Crippen LogP contribution in [0.2, 0.25) is 0 Å². The van der Waals surface area contributed by atoms with Crippen molar-refractivity contribution in [3.8, 4) is 16.9 Å². The van der Waals surface area contributed by atoms with Crippen LogP contribution in [0.25, 0.3) is 22.0 Å². The number of nitrogens with zero attached hydrogens (tertiary/aromatic N) is 4. The quantitative estimate of drug-likeness (QED) is 0.405. The number of rotatable bonds is 4. The van der Waals surface area contributed by atoms with Crippen molar-refractivity contribution in [2.45, 2.75) is 0 Å². The Labute approximate surface area is 215 Å². The maximum atomic E-state index is 14.7. The van der Waals surface area contributed by atoms with Crippen molar-refractivity contribution >= 4 is 28.2 Å². The maximum absolute atomic E-state index is 14.7. The van der Waals surface area contributed by atoms with Crippen molar-refractivity contribution in [1.82, 2.24) is 15.4 Å². The average molecular weight is 521 g/mol. The van der Waals surface area contributed by atoms with Crippen molar-refractivity contribution < 1.29 is 27.4 Å². The molecule has 4 heterocycles. The molecule has 1 saturated heterocycles. The molecule has 0 unspecified atom stereocenters. The lowest BCUT2D eigenvalue weighted by atomic mass is 9.99. The fourth-order valence-electron chi connectivity index (χ4n) is 4.85. The fourth-order valence-corrected chi connectivity index (χ4v) is 4.85. The lowest BCUT2D eigenvalue weighted by Gasteiger charge is -2.33. The first-order chi connectivity index (χ1) is 18.5. The molecule has 4 aromatic rings. The van der Waals surface area contributed by atoms with Crippen molar-refractivity contribution in [1.29, 1.82) is 0 Å². The predicted molar refractivity (Wildman–Crippen MR) is 135 cm³/mol. The molecule has 6 rings (SSSR count). The SMILES string of the molecule is O=C(NN1CCOc2ccccc21)c1cnc2c(-c3cc(F)nc(F)c3F)cccc2c1N1CCOCC1. The number of carbonyl (C=O) groups is 1. The van der Waals surface area contributed by atoms with Crippen LogP contribution in [0.4, 0.5) is 24.5 Å². The Morgan fingerprint density at radius 3 is 2.61 bits per heavy atom. The number of nitrogens with one attached hydrogen (secondary N) is 1. The summed E-state index contributed by atoms with van der Waals surface area (Å²) in [6.07, 6.45) is 1.41. The number of morpholine rings is 1. The highest BCUT2D eigenvalue weighted by atomic mass is 19.2. The summed E-state index contributed by atoms with van der Waals surface area (Å²) in [4.78, 5) is 23.1. The Bertz CT molecular complexity index is 1540. The van der Waals surface area contributed by atoms with Crippen LogP contribution in [0, 0.1) is 17.7 Å². The van der Waals surface area contributed by atoms with Crippen LogP contribution in [0.1, 0.15) is 10.4 Å². The smallest absolute Gasteiger partial charge is 0.273 e. The molecule has 2 aliphatic heterocycles. The molecule has 1 amide bonds. The highest BCUT2D eigenvalue weighted by molar-refractivity contribution is 6.10. The first kappa shape index (κ1) is 24.0. The normalized spacial score (nSPS) is 15.2. The van der Waals surface area contributed by atoms with Gasteiger partial charge in [-0.25, -0.2) is 4.39 Å². The minimum absolute atomic E-state index is 0.184. The summed E-state index contributed by atoms with van der Waals surface area (Å²) in [5.74, 6) is -3.69. The van der Waals surface area contributed by atoms with Gasteiger partial charge in [-0.3, -0.25) is 20.2 Å². The third-order valence-electron chi connectivity index (χ3n) is 6.58. The summed E-state index contributed by atoms with van der Waals surface area (Å²) in [7, 11) is 0. The van der Waals surface area contributed by atoms with Crippen LogP contribution in [0.15, 0.2) is 54.7 Å². The number of benzene rings is 2. The van der Waals surface area contributed by atoms with Crippen LogP contribution in [-0.4, -0.2) is 55.3 Å². The number of hydrazine groups is 1. The number of hydrogen-bond donors (Lipinski definition) is 1. The van der Waals surface area contributed by atoms with E-state index < -0.39 is 23.6 Å². The monoisotopic (exact) mass is 521 g/mol. The summed E-state index contributed by atoms with van der Waals surface area (Å²) < 4.78 is 53.8. The molecule has 2 aromatic heterocycles. The molecular weight excluding hydrogens is 499 g/mol.